The average molecular weight is 792 g/mol. The fourth-order valence-corrected chi connectivity index (χ4v) is 12.3. The number of benzene rings is 11. The standard InChI is InChI=1S/C59H37NS/c1-3-17-40(18-4-1)59(41-34-31-38(32-35-41)39-33-36-48-47-25-15-16-30-53(47)60(54(48)37-39)42-19-5-2-6-20-42)55-49-26-11-7-21-43(49)45-23-9-13-28-51(45)57(55)61-58-52-29-14-10-24-46(52)44-22-8-12-27-50(44)56(58)59/h1-37H. The van der Waals surface area contributed by atoms with E-state index in [9.17, 15) is 0 Å². The number of fused-ring (bicyclic) bond motifs is 15. The van der Waals surface area contributed by atoms with Crippen LogP contribution >= 0.6 is 11.8 Å². The summed E-state index contributed by atoms with van der Waals surface area (Å²) in [5.74, 6) is 0. The maximum Gasteiger partial charge on any atom is 0.0736 e. The Labute approximate surface area is 358 Å². The number of para-hydroxylation sites is 2. The predicted octanol–water partition coefficient (Wildman–Crippen LogP) is 15.9. The van der Waals surface area contributed by atoms with Gasteiger partial charge in [0.05, 0.1) is 16.4 Å². The SMILES string of the molecule is c1ccc(-n2c3ccccc3c3ccc(-c4ccc(C5(c6ccccc6)c6c(c7ccccc7c7ccccc67)Sc6c5c5ccccc5c5ccccc65)cc4)cc32)cc1. The number of aromatic nitrogens is 1. The molecule has 0 bridgehead atoms. The minimum absolute atomic E-state index is 0.660. The first-order chi connectivity index (χ1) is 30.3. The lowest BCUT2D eigenvalue weighted by Gasteiger charge is -2.44. The van der Waals surface area contributed by atoms with Gasteiger partial charge in [0, 0.05) is 26.3 Å². The van der Waals surface area contributed by atoms with Crippen LogP contribution in [0, 0.1) is 0 Å². The van der Waals surface area contributed by atoms with Gasteiger partial charge in [-0.25, -0.2) is 0 Å². The Morgan fingerprint density at radius 2 is 0.705 bits per heavy atom. The molecule has 61 heavy (non-hydrogen) atoms. The van der Waals surface area contributed by atoms with E-state index in [4.69, 9.17) is 0 Å². The topological polar surface area (TPSA) is 4.93 Å². The first-order valence-electron chi connectivity index (χ1n) is 21.1. The van der Waals surface area contributed by atoms with E-state index in [-0.39, 0.29) is 0 Å². The van der Waals surface area contributed by atoms with Crippen LogP contribution in [0.4, 0.5) is 0 Å². The molecule has 0 N–H and O–H groups in total. The summed E-state index contributed by atoms with van der Waals surface area (Å²) in [4.78, 5) is 2.66. The third-order valence-corrected chi connectivity index (χ3v) is 14.5. The molecule has 0 saturated heterocycles. The highest BCUT2D eigenvalue weighted by Gasteiger charge is 2.48. The van der Waals surface area contributed by atoms with Gasteiger partial charge in [-0.3, -0.25) is 0 Å². The molecule has 1 aliphatic heterocycles. The Kier molecular flexibility index (Phi) is 7.52. The minimum Gasteiger partial charge on any atom is -0.309 e. The monoisotopic (exact) mass is 791 g/mol. The molecule has 1 aromatic heterocycles. The van der Waals surface area contributed by atoms with Crippen molar-refractivity contribution >= 4 is 76.7 Å². The Morgan fingerprint density at radius 3 is 1.28 bits per heavy atom. The zero-order valence-corrected chi connectivity index (χ0v) is 34.0. The molecular formula is C59H37NS. The normalized spacial score (nSPS) is 13.3. The van der Waals surface area contributed by atoms with Crippen LogP contribution in [-0.4, -0.2) is 4.57 Å². The molecule has 13 rings (SSSR count). The lowest BCUT2D eigenvalue weighted by Crippen LogP contribution is -2.35. The van der Waals surface area contributed by atoms with Crippen LogP contribution in [0.5, 0.6) is 0 Å². The zero-order chi connectivity index (χ0) is 40.1. The van der Waals surface area contributed by atoms with Gasteiger partial charge in [-0.1, -0.05) is 212 Å². The summed E-state index contributed by atoms with van der Waals surface area (Å²) in [5.41, 5.74) is 10.5. The van der Waals surface area contributed by atoms with Crippen LogP contribution in [0.2, 0.25) is 0 Å². The van der Waals surface area contributed by atoms with Gasteiger partial charge in [0.1, 0.15) is 0 Å². The summed E-state index contributed by atoms with van der Waals surface area (Å²) in [6.45, 7) is 0. The van der Waals surface area contributed by atoms with E-state index in [2.05, 4.69) is 229 Å². The van der Waals surface area contributed by atoms with Crippen molar-refractivity contribution in [3.63, 3.8) is 0 Å². The van der Waals surface area contributed by atoms with Gasteiger partial charge < -0.3 is 4.57 Å². The summed E-state index contributed by atoms with van der Waals surface area (Å²) in [6.07, 6.45) is 0. The molecule has 12 aromatic rings. The molecule has 0 fully saturated rings. The molecule has 0 aliphatic carbocycles. The quantitative estimate of drug-likeness (QED) is 0.161. The van der Waals surface area contributed by atoms with E-state index < -0.39 is 5.41 Å². The molecule has 0 spiro atoms. The largest absolute Gasteiger partial charge is 0.309 e. The zero-order valence-electron chi connectivity index (χ0n) is 33.2. The number of nitrogens with zero attached hydrogens (tertiary/aromatic N) is 1. The van der Waals surface area contributed by atoms with E-state index in [0.29, 0.717) is 0 Å². The summed E-state index contributed by atoms with van der Waals surface area (Å²) in [5, 5.41) is 12.8. The third-order valence-electron chi connectivity index (χ3n) is 13.3. The number of rotatable bonds is 4. The van der Waals surface area contributed by atoms with Gasteiger partial charge in [-0.05, 0) is 101 Å². The van der Waals surface area contributed by atoms with Gasteiger partial charge in [0.2, 0.25) is 0 Å². The predicted molar refractivity (Wildman–Crippen MR) is 259 cm³/mol. The van der Waals surface area contributed by atoms with Crippen LogP contribution in [0.1, 0.15) is 22.3 Å². The molecule has 11 aromatic carbocycles. The van der Waals surface area contributed by atoms with E-state index in [0.717, 1.165) is 5.69 Å². The van der Waals surface area contributed by atoms with E-state index in [1.54, 1.807) is 0 Å². The first-order valence-corrected chi connectivity index (χ1v) is 21.9. The van der Waals surface area contributed by atoms with Crippen LogP contribution in [-0.2, 0) is 5.41 Å². The Balaban J connectivity index is 1.14. The second-order valence-electron chi connectivity index (χ2n) is 16.3. The van der Waals surface area contributed by atoms with Crippen molar-refractivity contribution in [1.82, 2.24) is 4.57 Å². The molecule has 0 unspecified atom stereocenters. The fraction of sp³-hybridized carbons (Fsp3) is 0.0169. The van der Waals surface area contributed by atoms with Gasteiger partial charge in [0.25, 0.3) is 0 Å². The van der Waals surface area contributed by atoms with Crippen LogP contribution in [0.3, 0.4) is 0 Å². The van der Waals surface area contributed by atoms with Crippen molar-refractivity contribution in [2.75, 3.05) is 0 Å². The van der Waals surface area contributed by atoms with Gasteiger partial charge >= 0.3 is 0 Å². The summed E-state index contributed by atoms with van der Waals surface area (Å²) in [7, 11) is 0. The van der Waals surface area contributed by atoms with E-state index >= 15 is 0 Å². The Morgan fingerprint density at radius 1 is 0.295 bits per heavy atom. The van der Waals surface area contributed by atoms with E-state index in [1.165, 1.54) is 108 Å². The van der Waals surface area contributed by atoms with Gasteiger partial charge in [-0.15, -0.1) is 0 Å². The molecule has 1 nitrogen and oxygen atoms in total. The second-order valence-corrected chi connectivity index (χ2v) is 17.3. The van der Waals surface area contributed by atoms with Crippen molar-refractivity contribution in [3.05, 3.63) is 247 Å². The molecule has 0 saturated carbocycles. The van der Waals surface area contributed by atoms with Gasteiger partial charge in [-0.2, -0.15) is 0 Å². The highest BCUT2D eigenvalue weighted by atomic mass is 32.2. The fourth-order valence-electron chi connectivity index (χ4n) is 10.8. The minimum atomic E-state index is -0.660. The summed E-state index contributed by atoms with van der Waals surface area (Å²) >= 11 is 1.96. The lowest BCUT2D eigenvalue weighted by molar-refractivity contribution is 0.724. The molecule has 0 radical (unpaired) electrons. The van der Waals surface area contributed by atoms with Crippen molar-refractivity contribution in [3.8, 4) is 16.8 Å². The van der Waals surface area contributed by atoms with Crippen molar-refractivity contribution in [1.29, 1.82) is 0 Å². The smallest absolute Gasteiger partial charge is 0.0736 e. The van der Waals surface area contributed by atoms with Crippen LogP contribution in [0.15, 0.2) is 234 Å². The first kappa shape index (κ1) is 34.5. The highest BCUT2D eigenvalue weighted by Crippen LogP contribution is 2.62. The summed E-state index contributed by atoms with van der Waals surface area (Å²) < 4.78 is 2.41. The molecule has 2 heterocycles. The van der Waals surface area contributed by atoms with Crippen molar-refractivity contribution in [2.45, 2.75) is 15.2 Å². The Hall–Kier alpha value is -7.39. The van der Waals surface area contributed by atoms with Crippen LogP contribution in [0.25, 0.3) is 81.7 Å². The van der Waals surface area contributed by atoms with Crippen molar-refractivity contribution in [2.24, 2.45) is 0 Å². The molecule has 284 valence electrons. The molecule has 1 aliphatic rings. The average Bonchev–Trinajstić information content (AvgIpc) is 3.68. The third kappa shape index (κ3) is 4.85. The van der Waals surface area contributed by atoms with Gasteiger partial charge in [0.15, 0.2) is 0 Å². The molecule has 0 amide bonds. The van der Waals surface area contributed by atoms with E-state index in [1.807, 2.05) is 11.8 Å². The molecule has 0 atom stereocenters. The number of hydrogen-bond acceptors (Lipinski definition) is 1. The maximum absolute atomic E-state index is 2.43. The second kappa shape index (κ2) is 13.3. The maximum atomic E-state index is 2.43. The molecular weight excluding hydrogens is 755 g/mol. The summed E-state index contributed by atoms with van der Waals surface area (Å²) in [6, 6.07) is 83.7. The molecule has 2 heteroatoms. The highest BCUT2D eigenvalue weighted by molar-refractivity contribution is 8.00. The van der Waals surface area contributed by atoms with Crippen LogP contribution < -0.4 is 0 Å². The Bertz CT molecular complexity index is 3590. The lowest BCUT2D eigenvalue weighted by atomic mass is 9.62. The van der Waals surface area contributed by atoms with Crippen molar-refractivity contribution < 1.29 is 0 Å². The number of hydrogen-bond donors (Lipinski definition) is 0.